The average molecular weight is 590 g/mol. The number of ether oxygens (including phenoxy) is 3. The minimum absolute atomic E-state index is 0.117. The number of carbonyl (C=O) groups is 1. The van der Waals surface area contributed by atoms with Gasteiger partial charge < -0.3 is 19.3 Å². The number of hydrogen-bond donors (Lipinski definition) is 1. The van der Waals surface area contributed by atoms with Gasteiger partial charge in [0.2, 0.25) is 0 Å². The lowest BCUT2D eigenvalue weighted by Crippen LogP contribution is -2.44. The SMILES string of the molecule is CCCCOC(=O)C(C)n1c(=O)c2c(C)c(-n3nccn3)sc2n(C[C@H](OCCO)c2cc(F)ccc2OC)c1=O. The average Bonchev–Trinajstić information content (AvgIpc) is 3.61. The van der Waals surface area contributed by atoms with Crippen LogP contribution in [0.4, 0.5) is 4.39 Å². The molecule has 0 aliphatic heterocycles. The number of aryl methyl sites for hydroxylation is 1. The number of halogens is 1. The van der Waals surface area contributed by atoms with Gasteiger partial charge in [-0.1, -0.05) is 24.7 Å². The van der Waals surface area contributed by atoms with Crippen molar-refractivity contribution in [1.29, 1.82) is 0 Å². The number of fused-ring (bicyclic) bond motifs is 1. The lowest BCUT2D eigenvalue weighted by Gasteiger charge is -2.23. The Kier molecular flexibility index (Phi) is 9.68. The predicted octanol–water partition coefficient (Wildman–Crippen LogP) is 2.92. The van der Waals surface area contributed by atoms with Gasteiger partial charge in [-0.2, -0.15) is 10.2 Å². The van der Waals surface area contributed by atoms with E-state index in [1.54, 1.807) is 6.92 Å². The molecule has 0 aliphatic carbocycles. The number of rotatable bonds is 13. The van der Waals surface area contributed by atoms with E-state index < -0.39 is 35.2 Å². The highest BCUT2D eigenvalue weighted by Crippen LogP contribution is 2.34. The number of benzene rings is 1. The Morgan fingerprint density at radius 2 is 1.93 bits per heavy atom. The van der Waals surface area contributed by atoms with Crippen molar-refractivity contribution in [3.63, 3.8) is 0 Å². The Hall–Kier alpha value is -3.88. The Balaban J connectivity index is 1.95. The number of thiophene rings is 1. The molecule has 1 aromatic carbocycles. The van der Waals surface area contributed by atoms with Crippen molar-refractivity contribution in [2.24, 2.45) is 0 Å². The van der Waals surface area contributed by atoms with Crippen molar-refractivity contribution in [3.05, 3.63) is 68.4 Å². The third-order valence-electron chi connectivity index (χ3n) is 6.59. The molecule has 4 aromatic rings. The number of carbonyl (C=O) groups excluding carboxylic acids is 1. The molecular weight excluding hydrogens is 557 g/mol. The van der Waals surface area contributed by atoms with Gasteiger partial charge in [0, 0.05) is 11.1 Å². The van der Waals surface area contributed by atoms with Gasteiger partial charge in [0.15, 0.2) is 0 Å². The predicted molar refractivity (Wildman–Crippen MR) is 149 cm³/mol. The maximum absolute atomic E-state index is 14.3. The number of nitrogens with zero attached hydrogens (tertiary/aromatic N) is 5. The van der Waals surface area contributed by atoms with Gasteiger partial charge in [-0.25, -0.2) is 18.5 Å². The van der Waals surface area contributed by atoms with Crippen molar-refractivity contribution in [2.45, 2.75) is 52.3 Å². The van der Waals surface area contributed by atoms with Crippen LogP contribution in [-0.4, -0.2) is 62.1 Å². The quantitative estimate of drug-likeness (QED) is 0.184. The van der Waals surface area contributed by atoms with Crippen LogP contribution < -0.4 is 16.0 Å². The molecule has 14 heteroatoms. The van der Waals surface area contributed by atoms with Crippen LogP contribution in [0, 0.1) is 12.7 Å². The summed E-state index contributed by atoms with van der Waals surface area (Å²) in [6.07, 6.45) is 3.44. The van der Waals surface area contributed by atoms with Gasteiger partial charge >= 0.3 is 11.7 Å². The highest BCUT2D eigenvalue weighted by molar-refractivity contribution is 7.21. The van der Waals surface area contributed by atoms with E-state index in [4.69, 9.17) is 14.2 Å². The van der Waals surface area contributed by atoms with Gasteiger partial charge in [-0.3, -0.25) is 9.36 Å². The molecule has 1 unspecified atom stereocenters. The number of aromatic nitrogens is 5. The summed E-state index contributed by atoms with van der Waals surface area (Å²) in [6, 6.07) is 2.66. The summed E-state index contributed by atoms with van der Waals surface area (Å²) >= 11 is 1.12. The monoisotopic (exact) mass is 589 g/mol. The normalized spacial score (nSPS) is 12.9. The van der Waals surface area contributed by atoms with E-state index in [2.05, 4.69) is 10.2 Å². The van der Waals surface area contributed by atoms with Gasteiger partial charge in [0.05, 0.1) is 51.3 Å². The zero-order chi connectivity index (χ0) is 29.7. The van der Waals surface area contributed by atoms with E-state index >= 15 is 0 Å². The first-order chi connectivity index (χ1) is 19.7. The number of esters is 1. The van der Waals surface area contributed by atoms with Crippen molar-refractivity contribution < 1.29 is 28.5 Å². The van der Waals surface area contributed by atoms with Crippen LogP contribution in [-0.2, 0) is 20.8 Å². The van der Waals surface area contributed by atoms with Gasteiger partial charge in [-0.05, 0) is 38.5 Å². The fourth-order valence-corrected chi connectivity index (χ4v) is 5.69. The fraction of sp³-hybridized carbons (Fsp3) is 0.444. The molecule has 0 saturated heterocycles. The molecule has 0 saturated carbocycles. The number of unbranched alkanes of at least 4 members (excludes halogenated alkanes) is 1. The van der Waals surface area contributed by atoms with Crippen LogP contribution in [0.15, 0.2) is 40.2 Å². The van der Waals surface area contributed by atoms with Crippen LogP contribution >= 0.6 is 11.3 Å². The Labute approximate surface area is 238 Å². The van der Waals surface area contributed by atoms with Crippen LogP contribution in [0.5, 0.6) is 5.75 Å². The molecule has 0 spiro atoms. The summed E-state index contributed by atoms with van der Waals surface area (Å²) in [6.45, 7) is 4.60. The summed E-state index contributed by atoms with van der Waals surface area (Å²) in [7, 11) is 1.42. The highest BCUT2D eigenvalue weighted by atomic mass is 32.1. The molecular formula is C27H32FN5O7S. The maximum Gasteiger partial charge on any atom is 0.333 e. The summed E-state index contributed by atoms with van der Waals surface area (Å²) < 4.78 is 33.1. The zero-order valence-electron chi connectivity index (χ0n) is 23.2. The molecule has 12 nitrogen and oxygen atoms in total. The standard InChI is InChI=1S/C27H32FN5O7S/c1-5-6-12-40-26(36)17(3)32-23(35)22-16(2)24(33-29-9-10-30-33)41-25(22)31(27(32)37)15-21(39-13-11-34)19-14-18(28)7-8-20(19)38-4/h7-10,14,17,21,34H,5-6,11-13,15H2,1-4H3/t17?,21-/m0/s1. The number of hydrogen-bond acceptors (Lipinski definition) is 10. The number of aliphatic hydroxyl groups excluding tert-OH is 1. The van der Waals surface area contributed by atoms with Crippen LogP contribution in [0.3, 0.4) is 0 Å². The van der Waals surface area contributed by atoms with E-state index in [1.165, 1.54) is 54.0 Å². The third kappa shape index (κ3) is 6.09. The van der Waals surface area contributed by atoms with Gasteiger partial charge in [0.25, 0.3) is 5.56 Å². The van der Waals surface area contributed by atoms with Crippen molar-refractivity contribution in [3.8, 4) is 10.8 Å². The third-order valence-corrected chi connectivity index (χ3v) is 7.87. The lowest BCUT2D eigenvalue weighted by molar-refractivity contribution is -0.147. The number of methoxy groups -OCH3 is 1. The minimum atomic E-state index is -1.23. The van der Waals surface area contributed by atoms with Crippen molar-refractivity contribution in [2.75, 3.05) is 26.9 Å². The molecule has 0 amide bonds. The first-order valence-electron chi connectivity index (χ1n) is 13.1. The Morgan fingerprint density at radius 1 is 1.20 bits per heavy atom. The molecule has 0 radical (unpaired) electrons. The topological polar surface area (TPSA) is 140 Å². The maximum atomic E-state index is 14.3. The second-order valence-electron chi connectivity index (χ2n) is 9.27. The first kappa shape index (κ1) is 30.1. The van der Waals surface area contributed by atoms with E-state index in [0.717, 1.165) is 22.3 Å². The smallest absolute Gasteiger partial charge is 0.333 e. The van der Waals surface area contributed by atoms with Gasteiger partial charge in [0.1, 0.15) is 33.5 Å². The van der Waals surface area contributed by atoms with Crippen LogP contribution in [0.25, 0.3) is 15.2 Å². The van der Waals surface area contributed by atoms with Gasteiger partial charge in [-0.15, -0.1) is 4.80 Å². The minimum Gasteiger partial charge on any atom is -0.496 e. The van der Waals surface area contributed by atoms with Crippen molar-refractivity contribution >= 4 is 27.5 Å². The zero-order valence-corrected chi connectivity index (χ0v) is 24.0. The van der Waals surface area contributed by atoms with E-state index in [0.29, 0.717) is 33.1 Å². The molecule has 2 atom stereocenters. The second kappa shape index (κ2) is 13.2. The molecule has 0 bridgehead atoms. The molecule has 220 valence electrons. The Bertz CT molecular complexity index is 1630. The van der Waals surface area contributed by atoms with Crippen LogP contribution in [0.1, 0.15) is 50.0 Å². The van der Waals surface area contributed by atoms with E-state index in [9.17, 15) is 23.9 Å². The molecule has 41 heavy (non-hydrogen) atoms. The summed E-state index contributed by atoms with van der Waals surface area (Å²) in [5, 5.41) is 18.5. The fourth-order valence-electron chi connectivity index (χ4n) is 4.47. The van der Waals surface area contributed by atoms with Crippen molar-refractivity contribution in [1.82, 2.24) is 24.1 Å². The summed E-state index contributed by atoms with van der Waals surface area (Å²) in [4.78, 5) is 42.4. The second-order valence-corrected chi connectivity index (χ2v) is 10.2. The lowest BCUT2D eigenvalue weighted by atomic mass is 10.1. The van der Waals surface area contributed by atoms with E-state index in [-0.39, 0.29) is 31.8 Å². The first-order valence-corrected chi connectivity index (χ1v) is 13.9. The Morgan fingerprint density at radius 3 is 2.59 bits per heavy atom. The highest BCUT2D eigenvalue weighted by Gasteiger charge is 2.29. The molecule has 0 aliphatic rings. The summed E-state index contributed by atoms with van der Waals surface area (Å²) in [5.41, 5.74) is -0.634. The molecule has 3 aromatic heterocycles. The largest absolute Gasteiger partial charge is 0.496 e. The molecule has 0 fully saturated rings. The molecule has 3 heterocycles. The summed E-state index contributed by atoms with van der Waals surface area (Å²) in [5.74, 6) is -0.961. The number of aliphatic hydroxyl groups is 1. The molecule has 1 N–H and O–H groups in total. The van der Waals surface area contributed by atoms with E-state index in [1.807, 2.05) is 6.92 Å². The molecule has 4 rings (SSSR count). The van der Waals surface area contributed by atoms with Crippen LogP contribution in [0.2, 0.25) is 0 Å².